The minimum absolute atomic E-state index is 0.0311. The number of carboxylic acids is 1. The summed E-state index contributed by atoms with van der Waals surface area (Å²) < 4.78 is 5.18. The van der Waals surface area contributed by atoms with Gasteiger partial charge in [-0.05, 0) is 19.3 Å². The van der Waals surface area contributed by atoms with Crippen LogP contribution in [0.1, 0.15) is 33.1 Å². The van der Waals surface area contributed by atoms with Crippen molar-refractivity contribution in [3.63, 3.8) is 0 Å². The fourth-order valence-corrected chi connectivity index (χ4v) is 3.17. The van der Waals surface area contributed by atoms with Crippen LogP contribution in [-0.2, 0) is 19.1 Å². The number of carbonyl (C=O) groups excluding carboxylic acids is 2. The van der Waals surface area contributed by atoms with Gasteiger partial charge in [0.15, 0.2) is 6.04 Å². The first-order valence-electron chi connectivity index (χ1n) is 8.35. The van der Waals surface area contributed by atoms with E-state index in [2.05, 4.69) is 0 Å². The second-order valence-electron chi connectivity index (χ2n) is 6.39. The highest BCUT2D eigenvalue weighted by atomic mass is 16.5. The zero-order valence-corrected chi connectivity index (χ0v) is 13.9. The van der Waals surface area contributed by atoms with Crippen molar-refractivity contribution < 1.29 is 24.2 Å². The van der Waals surface area contributed by atoms with Crippen LogP contribution in [0.4, 0.5) is 0 Å². The van der Waals surface area contributed by atoms with Crippen molar-refractivity contribution >= 4 is 17.8 Å². The van der Waals surface area contributed by atoms with Gasteiger partial charge >= 0.3 is 5.97 Å². The number of amides is 2. The predicted molar refractivity (Wildman–Crippen MR) is 82.7 cm³/mol. The topological polar surface area (TPSA) is 87.2 Å². The molecular formula is C16H26N2O5. The number of piperidine rings is 1. The lowest BCUT2D eigenvalue weighted by Crippen LogP contribution is -2.56. The van der Waals surface area contributed by atoms with Crippen LogP contribution < -0.4 is 0 Å². The number of hydrogen-bond acceptors (Lipinski definition) is 4. The van der Waals surface area contributed by atoms with Crippen LogP contribution in [0.3, 0.4) is 0 Å². The molecule has 2 heterocycles. The minimum Gasteiger partial charge on any atom is -0.480 e. The third kappa shape index (κ3) is 4.02. The SMILES string of the molecule is CCC(C)C(=O)N1CCCC(C(=O)N2CCOCC2C(=O)O)C1. The molecule has 0 aliphatic carbocycles. The highest BCUT2D eigenvalue weighted by Crippen LogP contribution is 2.23. The molecule has 130 valence electrons. The molecule has 2 rings (SSSR count). The van der Waals surface area contributed by atoms with Gasteiger partial charge in [0.2, 0.25) is 11.8 Å². The van der Waals surface area contributed by atoms with E-state index in [0.717, 1.165) is 12.8 Å². The number of ether oxygens (including phenoxy) is 1. The average Bonchev–Trinajstić information content (AvgIpc) is 2.59. The molecule has 2 saturated heterocycles. The van der Waals surface area contributed by atoms with E-state index in [4.69, 9.17) is 4.74 Å². The smallest absolute Gasteiger partial charge is 0.328 e. The van der Waals surface area contributed by atoms with E-state index in [-0.39, 0.29) is 30.3 Å². The Kier molecular flexibility index (Phi) is 5.98. The Balaban J connectivity index is 2.03. The molecule has 0 aromatic heterocycles. The molecule has 2 aliphatic heterocycles. The van der Waals surface area contributed by atoms with Crippen LogP contribution in [0.5, 0.6) is 0 Å². The van der Waals surface area contributed by atoms with Crippen molar-refractivity contribution in [1.29, 1.82) is 0 Å². The number of nitrogens with zero attached hydrogens (tertiary/aromatic N) is 2. The van der Waals surface area contributed by atoms with E-state index in [0.29, 0.717) is 32.7 Å². The molecular weight excluding hydrogens is 300 g/mol. The van der Waals surface area contributed by atoms with Gasteiger partial charge in [-0.25, -0.2) is 4.79 Å². The van der Waals surface area contributed by atoms with Gasteiger partial charge in [-0.1, -0.05) is 13.8 Å². The molecule has 7 nitrogen and oxygen atoms in total. The van der Waals surface area contributed by atoms with E-state index in [9.17, 15) is 19.5 Å². The Labute approximate surface area is 136 Å². The third-order valence-corrected chi connectivity index (χ3v) is 4.81. The maximum atomic E-state index is 12.7. The fraction of sp³-hybridized carbons (Fsp3) is 0.812. The maximum Gasteiger partial charge on any atom is 0.328 e. The zero-order chi connectivity index (χ0) is 17.0. The zero-order valence-electron chi connectivity index (χ0n) is 13.9. The van der Waals surface area contributed by atoms with Crippen LogP contribution in [-0.4, -0.2) is 71.6 Å². The van der Waals surface area contributed by atoms with Gasteiger partial charge in [0.05, 0.1) is 19.1 Å². The summed E-state index contributed by atoms with van der Waals surface area (Å²) in [5.74, 6) is -1.47. The molecule has 0 aromatic carbocycles. The summed E-state index contributed by atoms with van der Waals surface area (Å²) in [6, 6.07) is -0.920. The highest BCUT2D eigenvalue weighted by Gasteiger charge is 2.38. The summed E-state index contributed by atoms with van der Waals surface area (Å²) in [5.41, 5.74) is 0. The van der Waals surface area contributed by atoms with Crippen molar-refractivity contribution in [3.05, 3.63) is 0 Å². The van der Waals surface area contributed by atoms with Crippen LogP contribution >= 0.6 is 0 Å². The van der Waals surface area contributed by atoms with Crippen molar-refractivity contribution in [3.8, 4) is 0 Å². The average molecular weight is 326 g/mol. The Morgan fingerprint density at radius 1 is 1.30 bits per heavy atom. The molecule has 23 heavy (non-hydrogen) atoms. The Morgan fingerprint density at radius 2 is 2.04 bits per heavy atom. The van der Waals surface area contributed by atoms with Gasteiger partial charge in [-0.3, -0.25) is 9.59 Å². The second-order valence-corrected chi connectivity index (χ2v) is 6.39. The Bertz CT molecular complexity index is 467. The first-order chi connectivity index (χ1) is 11.0. The molecule has 2 aliphatic rings. The predicted octanol–water partition coefficient (Wildman–Crippen LogP) is 0.583. The molecule has 0 radical (unpaired) electrons. The lowest BCUT2D eigenvalue weighted by molar-refractivity contribution is -0.161. The largest absolute Gasteiger partial charge is 0.480 e. The van der Waals surface area contributed by atoms with E-state index in [1.807, 2.05) is 13.8 Å². The van der Waals surface area contributed by atoms with Gasteiger partial charge < -0.3 is 19.6 Å². The molecule has 2 amide bonds. The molecule has 0 aromatic rings. The van der Waals surface area contributed by atoms with Gasteiger partial charge in [-0.2, -0.15) is 0 Å². The van der Waals surface area contributed by atoms with Crippen molar-refractivity contribution in [2.24, 2.45) is 11.8 Å². The lowest BCUT2D eigenvalue weighted by Gasteiger charge is -2.39. The first-order valence-corrected chi connectivity index (χ1v) is 8.35. The Hall–Kier alpha value is -1.63. The van der Waals surface area contributed by atoms with E-state index >= 15 is 0 Å². The minimum atomic E-state index is -1.04. The van der Waals surface area contributed by atoms with Crippen LogP contribution in [0.2, 0.25) is 0 Å². The number of aliphatic carboxylic acids is 1. The molecule has 1 N–H and O–H groups in total. The van der Waals surface area contributed by atoms with Crippen molar-refractivity contribution in [2.45, 2.75) is 39.2 Å². The number of rotatable bonds is 4. The lowest BCUT2D eigenvalue weighted by atomic mass is 9.94. The molecule has 0 bridgehead atoms. The van der Waals surface area contributed by atoms with Crippen LogP contribution in [0, 0.1) is 11.8 Å². The Morgan fingerprint density at radius 3 is 2.70 bits per heavy atom. The summed E-state index contributed by atoms with van der Waals surface area (Å²) in [5, 5.41) is 9.26. The van der Waals surface area contributed by atoms with Gasteiger partial charge in [0.25, 0.3) is 0 Å². The number of carboxylic acid groups (broad SMARTS) is 1. The summed E-state index contributed by atoms with van der Waals surface area (Å²) in [4.78, 5) is 39.6. The highest BCUT2D eigenvalue weighted by molar-refractivity contribution is 5.86. The summed E-state index contributed by atoms with van der Waals surface area (Å²) in [7, 11) is 0. The van der Waals surface area contributed by atoms with Gasteiger partial charge in [0, 0.05) is 25.6 Å². The van der Waals surface area contributed by atoms with E-state index < -0.39 is 12.0 Å². The number of likely N-dealkylation sites (tertiary alicyclic amines) is 1. The number of carbonyl (C=O) groups is 3. The fourth-order valence-electron chi connectivity index (χ4n) is 3.17. The second kappa shape index (κ2) is 7.77. The van der Waals surface area contributed by atoms with Crippen molar-refractivity contribution in [1.82, 2.24) is 9.80 Å². The molecule has 7 heteroatoms. The van der Waals surface area contributed by atoms with Crippen LogP contribution in [0.15, 0.2) is 0 Å². The van der Waals surface area contributed by atoms with Crippen LogP contribution in [0.25, 0.3) is 0 Å². The van der Waals surface area contributed by atoms with E-state index in [1.54, 1.807) is 4.90 Å². The maximum absolute atomic E-state index is 12.7. The first kappa shape index (κ1) is 17.7. The van der Waals surface area contributed by atoms with Gasteiger partial charge in [-0.15, -0.1) is 0 Å². The molecule has 3 atom stereocenters. The standard InChI is InChI=1S/C16H26N2O5/c1-3-11(2)14(19)17-6-4-5-12(9-17)15(20)18-7-8-23-10-13(18)16(21)22/h11-13H,3-10H2,1-2H3,(H,21,22). The quantitative estimate of drug-likeness (QED) is 0.817. The molecule has 3 unspecified atom stereocenters. The normalized spacial score (nSPS) is 26.7. The molecule has 0 spiro atoms. The van der Waals surface area contributed by atoms with Gasteiger partial charge in [0.1, 0.15) is 0 Å². The summed E-state index contributed by atoms with van der Waals surface area (Å²) in [6.07, 6.45) is 2.26. The summed E-state index contributed by atoms with van der Waals surface area (Å²) in [6.45, 7) is 5.63. The third-order valence-electron chi connectivity index (χ3n) is 4.81. The van der Waals surface area contributed by atoms with Crippen molar-refractivity contribution in [2.75, 3.05) is 32.8 Å². The summed E-state index contributed by atoms with van der Waals surface area (Å²) >= 11 is 0. The molecule has 2 fully saturated rings. The number of hydrogen-bond donors (Lipinski definition) is 1. The monoisotopic (exact) mass is 326 g/mol. The van der Waals surface area contributed by atoms with E-state index in [1.165, 1.54) is 4.90 Å². The number of morpholine rings is 1. The molecule has 0 saturated carbocycles.